The molecule has 0 aliphatic rings. The summed E-state index contributed by atoms with van der Waals surface area (Å²) in [4.78, 5) is 22.0. The van der Waals surface area contributed by atoms with Crippen molar-refractivity contribution >= 4 is 46.7 Å². The van der Waals surface area contributed by atoms with E-state index in [9.17, 15) is 9.59 Å². The van der Waals surface area contributed by atoms with Crippen LogP contribution in [0.1, 0.15) is 27.2 Å². The van der Waals surface area contributed by atoms with E-state index >= 15 is 0 Å². The molecule has 0 unspecified atom stereocenters. The van der Waals surface area contributed by atoms with E-state index in [4.69, 9.17) is 5.11 Å². The summed E-state index contributed by atoms with van der Waals surface area (Å²) in [5, 5.41) is 19.3. The van der Waals surface area contributed by atoms with Gasteiger partial charge >= 0.3 is 5.97 Å². The second-order valence-electron chi connectivity index (χ2n) is 4.91. The summed E-state index contributed by atoms with van der Waals surface area (Å²) in [5.74, 6) is -0.0987. The number of thioether (sulfide) groups is 2. The second-order valence-corrected chi connectivity index (χ2v) is 8.45. The number of carboxylic acid groups (broad SMARTS) is 1. The Labute approximate surface area is 130 Å². The van der Waals surface area contributed by atoms with Gasteiger partial charge in [-0.2, -0.15) is 0 Å². The predicted molar refractivity (Wildman–Crippen MR) is 81.5 cm³/mol. The number of carbonyl (C=O) groups is 2. The summed E-state index contributed by atoms with van der Waals surface area (Å²) in [6.45, 7) is 5.78. The van der Waals surface area contributed by atoms with Gasteiger partial charge in [0.25, 0.3) is 0 Å². The molecule has 1 heterocycles. The van der Waals surface area contributed by atoms with E-state index in [0.29, 0.717) is 15.8 Å². The van der Waals surface area contributed by atoms with Crippen LogP contribution in [0.5, 0.6) is 0 Å². The lowest BCUT2D eigenvalue weighted by atomic mass is 10.1. The lowest BCUT2D eigenvalue weighted by Crippen LogP contribution is -2.41. The van der Waals surface area contributed by atoms with Gasteiger partial charge in [0.05, 0.1) is 12.2 Å². The van der Waals surface area contributed by atoms with Gasteiger partial charge in [-0.3, -0.25) is 9.59 Å². The zero-order chi connectivity index (χ0) is 15.2. The second kappa shape index (κ2) is 7.84. The first-order valence-electron chi connectivity index (χ1n) is 5.88. The first kappa shape index (κ1) is 17.3. The van der Waals surface area contributed by atoms with E-state index in [1.807, 2.05) is 20.8 Å². The molecule has 0 saturated heterocycles. The molecular weight excluding hydrogens is 318 g/mol. The Morgan fingerprint density at radius 2 is 1.85 bits per heavy atom. The van der Waals surface area contributed by atoms with Gasteiger partial charge < -0.3 is 10.4 Å². The number of aromatic nitrogens is 2. The fourth-order valence-corrected chi connectivity index (χ4v) is 3.94. The number of hydrogen-bond donors (Lipinski definition) is 2. The van der Waals surface area contributed by atoms with Crippen LogP contribution in [0.4, 0.5) is 0 Å². The minimum absolute atomic E-state index is 0.0437. The molecule has 1 amide bonds. The number of amides is 1. The Morgan fingerprint density at radius 1 is 1.25 bits per heavy atom. The molecule has 20 heavy (non-hydrogen) atoms. The van der Waals surface area contributed by atoms with Crippen LogP contribution in [0.15, 0.2) is 8.68 Å². The quantitative estimate of drug-likeness (QED) is 0.737. The van der Waals surface area contributed by atoms with Crippen molar-refractivity contribution in [3.8, 4) is 0 Å². The van der Waals surface area contributed by atoms with E-state index in [1.54, 1.807) is 0 Å². The number of carboxylic acids is 1. The van der Waals surface area contributed by atoms with Gasteiger partial charge in [0, 0.05) is 11.3 Å². The van der Waals surface area contributed by atoms with Gasteiger partial charge in [-0.15, -0.1) is 10.2 Å². The fraction of sp³-hybridized carbons (Fsp3) is 0.636. The lowest BCUT2D eigenvalue weighted by Gasteiger charge is -2.19. The van der Waals surface area contributed by atoms with Crippen molar-refractivity contribution in [2.75, 3.05) is 11.5 Å². The smallest absolute Gasteiger partial charge is 0.304 e. The number of carbonyl (C=O) groups excluding carboxylic acids is 1. The predicted octanol–water partition coefficient (Wildman–Crippen LogP) is 2.11. The highest BCUT2D eigenvalue weighted by molar-refractivity contribution is 8.03. The molecule has 0 radical (unpaired) electrons. The molecule has 0 aliphatic carbocycles. The monoisotopic (exact) mass is 335 g/mol. The fourth-order valence-electron chi connectivity index (χ4n) is 1.12. The summed E-state index contributed by atoms with van der Waals surface area (Å²) in [7, 11) is 0. The molecule has 0 fully saturated rings. The summed E-state index contributed by atoms with van der Waals surface area (Å²) in [6, 6.07) is 0. The largest absolute Gasteiger partial charge is 0.481 e. The average molecular weight is 335 g/mol. The van der Waals surface area contributed by atoms with Crippen LogP contribution in [0.25, 0.3) is 0 Å². The Balaban J connectivity index is 2.33. The van der Waals surface area contributed by atoms with E-state index in [2.05, 4.69) is 15.5 Å². The first-order valence-corrected chi connectivity index (χ1v) is 8.67. The minimum Gasteiger partial charge on any atom is -0.481 e. The molecule has 6 nitrogen and oxygen atoms in total. The minimum atomic E-state index is -0.824. The molecule has 0 spiro atoms. The normalized spacial score (nSPS) is 11.3. The van der Waals surface area contributed by atoms with Crippen molar-refractivity contribution in [1.82, 2.24) is 15.5 Å². The highest BCUT2D eigenvalue weighted by Gasteiger charge is 2.15. The summed E-state index contributed by atoms with van der Waals surface area (Å²) in [6.07, 6.45) is 0.0979. The van der Waals surface area contributed by atoms with Gasteiger partial charge in [0.15, 0.2) is 8.68 Å². The Kier molecular flexibility index (Phi) is 6.77. The van der Waals surface area contributed by atoms with E-state index < -0.39 is 5.97 Å². The van der Waals surface area contributed by atoms with Gasteiger partial charge in [-0.1, -0.05) is 34.9 Å². The topological polar surface area (TPSA) is 92.2 Å². The third-order valence-corrected chi connectivity index (χ3v) is 4.96. The molecule has 1 aromatic rings. The molecule has 0 bridgehead atoms. The van der Waals surface area contributed by atoms with Crippen LogP contribution in [-0.2, 0) is 9.59 Å². The van der Waals surface area contributed by atoms with E-state index in [1.165, 1.54) is 34.9 Å². The summed E-state index contributed by atoms with van der Waals surface area (Å²) in [5.41, 5.74) is -0.239. The molecule has 2 N–H and O–H groups in total. The maximum atomic E-state index is 11.6. The standard InChI is InChI=1S/C11H17N3O3S3/c1-11(2,3)12-7(15)6-19-10-14-13-9(20-10)18-5-4-8(16)17/h4-6H2,1-3H3,(H,12,15)(H,16,17). The number of rotatable bonds is 7. The van der Waals surface area contributed by atoms with Crippen LogP contribution >= 0.6 is 34.9 Å². The third-order valence-electron chi connectivity index (χ3n) is 1.77. The zero-order valence-corrected chi connectivity index (χ0v) is 14.0. The zero-order valence-electron chi connectivity index (χ0n) is 11.5. The number of nitrogens with zero attached hydrogens (tertiary/aromatic N) is 2. The molecule has 9 heteroatoms. The van der Waals surface area contributed by atoms with Crippen molar-refractivity contribution < 1.29 is 14.7 Å². The van der Waals surface area contributed by atoms with Crippen molar-refractivity contribution in [2.24, 2.45) is 0 Å². The Hall–Kier alpha value is -0.800. The van der Waals surface area contributed by atoms with Crippen molar-refractivity contribution in [1.29, 1.82) is 0 Å². The van der Waals surface area contributed by atoms with Crippen LogP contribution in [0.3, 0.4) is 0 Å². The molecule has 0 aliphatic heterocycles. The molecule has 0 aromatic carbocycles. The summed E-state index contributed by atoms with van der Waals surface area (Å²) >= 11 is 4.07. The molecular formula is C11H17N3O3S3. The van der Waals surface area contributed by atoms with Crippen LogP contribution in [-0.4, -0.2) is 44.2 Å². The maximum absolute atomic E-state index is 11.6. The van der Waals surface area contributed by atoms with Gasteiger partial charge in [0.2, 0.25) is 5.91 Å². The van der Waals surface area contributed by atoms with E-state index in [0.717, 1.165) is 4.34 Å². The van der Waals surface area contributed by atoms with Crippen molar-refractivity contribution in [2.45, 2.75) is 41.4 Å². The van der Waals surface area contributed by atoms with Crippen LogP contribution in [0.2, 0.25) is 0 Å². The summed E-state index contributed by atoms with van der Waals surface area (Å²) < 4.78 is 1.44. The van der Waals surface area contributed by atoms with Crippen molar-refractivity contribution in [3.05, 3.63) is 0 Å². The van der Waals surface area contributed by atoms with Gasteiger partial charge in [0.1, 0.15) is 0 Å². The van der Waals surface area contributed by atoms with Crippen molar-refractivity contribution in [3.63, 3.8) is 0 Å². The van der Waals surface area contributed by atoms with Crippen LogP contribution < -0.4 is 5.32 Å². The third kappa shape index (κ3) is 7.71. The molecule has 1 rings (SSSR count). The SMILES string of the molecule is CC(C)(C)NC(=O)CSc1nnc(SCCC(=O)O)s1. The van der Waals surface area contributed by atoms with E-state index in [-0.39, 0.29) is 17.9 Å². The van der Waals surface area contributed by atoms with Crippen LogP contribution in [0, 0.1) is 0 Å². The molecule has 1 aromatic heterocycles. The number of hydrogen-bond acceptors (Lipinski definition) is 7. The van der Waals surface area contributed by atoms with Gasteiger partial charge in [-0.25, -0.2) is 0 Å². The average Bonchev–Trinajstić information content (AvgIpc) is 2.71. The molecule has 0 saturated carbocycles. The van der Waals surface area contributed by atoms with Gasteiger partial charge in [-0.05, 0) is 20.8 Å². The highest BCUT2D eigenvalue weighted by atomic mass is 32.2. The first-order chi connectivity index (χ1) is 9.26. The Bertz CT molecular complexity index is 471. The Morgan fingerprint density at radius 3 is 2.40 bits per heavy atom. The molecule has 112 valence electrons. The highest BCUT2D eigenvalue weighted by Crippen LogP contribution is 2.28. The molecule has 0 atom stereocenters. The maximum Gasteiger partial charge on any atom is 0.304 e. The number of aliphatic carboxylic acids is 1. The lowest BCUT2D eigenvalue weighted by molar-refractivity contribution is -0.136. The number of nitrogens with one attached hydrogen (secondary N) is 1.